The van der Waals surface area contributed by atoms with Crippen molar-refractivity contribution < 1.29 is 13.5 Å². The molecule has 5 heteroatoms. The van der Waals surface area contributed by atoms with Crippen molar-refractivity contribution in [1.29, 1.82) is 0 Å². The highest BCUT2D eigenvalue weighted by Crippen LogP contribution is 2.19. The quantitative estimate of drug-likeness (QED) is 0.625. The first-order chi connectivity index (χ1) is 8.69. The molecule has 1 aliphatic heterocycles. The summed E-state index contributed by atoms with van der Waals surface area (Å²) < 4.78 is 31.4. The predicted molar refractivity (Wildman–Crippen MR) is 64.8 cm³/mol. The lowest BCUT2D eigenvalue weighted by molar-refractivity contribution is 0.0946. The molecule has 0 bridgehead atoms. The van der Waals surface area contributed by atoms with E-state index in [1.165, 1.54) is 6.07 Å². The van der Waals surface area contributed by atoms with Gasteiger partial charge < -0.3 is 4.74 Å². The van der Waals surface area contributed by atoms with Gasteiger partial charge in [-0.3, -0.25) is 11.3 Å². The Labute approximate surface area is 105 Å². The lowest BCUT2D eigenvalue weighted by Gasteiger charge is -2.19. The van der Waals surface area contributed by atoms with Gasteiger partial charge in [0.05, 0.1) is 6.10 Å². The number of hydrazine groups is 1. The van der Waals surface area contributed by atoms with Crippen LogP contribution in [-0.4, -0.2) is 18.8 Å². The molecule has 0 spiro atoms. The summed E-state index contributed by atoms with van der Waals surface area (Å²) in [4.78, 5) is 0. The normalized spacial score (nSPS) is 21.2. The lowest BCUT2D eigenvalue weighted by atomic mass is 10.00. The molecule has 100 valence electrons. The van der Waals surface area contributed by atoms with E-state index in [0.717, 1.165) is 37.5 Å². The average molecular weight is 256 g/mol. The first-order valence-corrected chi connectivity index (χ1v) is 6.20. The van der Waals surface area contributed by atoms with Gasteiger partial charge in [-0.2, -0.15) is 0 Å². The Hall–Kier alpha value is -1.04. The maximum absolute atomic E-state index is 13.1. The van der Waals surface area contributed by atoms with Crippen molar-refractivity contribution in [3.8, 4) is 0 Å². The van der Waals surface area contributed by atoms with Crippen LogP contribution in [0.4, 0.5) is 8.78 Å². The number of ether oxygens (including phenoxy) is 1. The van der Waals surface area contributed by atoms with Crippen LogP contribution in [-0.2, 0) is 11.2 Å². The molecule has 2 atom stereocenters. The zero-order valence-corrected chi connectivity index (χ0v) is 10.2. The van der Waals surface area contributed by atoms with E-state index in [-0.39, 0.29) is 12.1 Å². The average Bonchev–Trinajstić information content (AvgIpc) is 2.86. The molecule has 0 saturated carbocycles. The van der Waals surface area contributed by atoms with Gasteiger partial charge in [-0.1, -0.05) is 6.07 Å². The van der Waals surface area contributed by atoms with Crippen LogP contribution in [0, 0.1) is 11.6 Å². The molecule has 1 aliphatic rings. The molecular formula is C13H18F2N2O. The first kappa shape index (κ1) is 13.4. The molecule has 3 nitrogen and oxygen atoms in total. The van der Waals surface area contributed by atoms with Crippen LogP contribution in [0.1, 0.15) is 24.8 Å². The second kappa shape index (κ2) is 6.22. The van der Waals surface area contributed by atoms with Crippen LogP contribution in [0.3, 0.4) is 0 Å². The van der Waals surface area contributed by atoms with Gasteiger partial charge in [0, 0.05) is 12.6 Å². The molecule has 0 amide bonds. The van der Waals surface area contributed by atoms with E-state index in [0.29, 0.717) is 6.42 Å². The Morgan fingerprint density at radius 1 is 1.39 bits per heavy atom. The van der Waals surface area contributed by atoms with Crippen molar-refractivity contribution in [2.45, 2.75) is 37.8 Å². The van der Waals surface area contributed by atoms with Crippen LogP contribution in [0.15, 0.2) is 18.2 Å². The molecule has 1 fully saturated rings. The highest BCUT2D eigenvalue weighted by Gasteiger charge is 2.20. The Morgan fingerprint density at radius 2 is 2.22 bits per heavy atom. The number of halogens is 2. The summed E-state index contributed by atoms with van der Waals surface area (Å²) >= 11 is 0. The lowest BCUT2D eigenvalue weighted by Crippen LogP contribution is -2.39. The second-order valence-corrected chi connectivity index (χ2v) is 4.69. The fourth-order valence-corrected chi connectivity index (χ4v) is 2.31. The van der Waals surface area contributed by atoms with Crippen LogP contribution in [0.2, 0.25) is 0 Å². The fourth-order valence-electron chi connectivity index (χ4n) is 2.31. The van der Waals surface area contributed by atoms with E-state index < -0.39 is 11.6 Å². The van der Waals surface area contributed by atoms with Crippen molar-refractivity contribution in [1.82, 2.24) is 5.43 Å². The van der Waals surface area contributed by atoms with Gasteiger partial charge in [0.2, 0.25) is 0 Å². The van der Waals surface area contributed by atoms with Crippen molar-refractivity contribution in [2.24, 2.45) is 5.84 Å². The molecule has 2 unspecified atom stereocenters. The number of hydrogen-bond acceptors (Lipinski definition) is 3. The zero-order chi connectivity index (χ0) is 13.0. The molecular weight excluding hydrogens is 238 g/mol. The first-order valence-electron chi connectivity index (χ1n) is 6.20. The summed E-state index contributed by atoms with van der Waals surface area (Å²) in [6.45, 7) is 0.799. The summed E-state index contributed by atoms with van der Waals surface area (Å²) in [7, 11) is 0. The number of rotatable bonds is 5. The van der Waals surface area contributed by atoms with E-state index in [2.05, 4.69) is 5.43 Å². The highest BCUT2D eigenvalue weighted by atomic mass is 19.2. The SMILES string of the molecule is NNC(Cc1ccc(F)c(F)c1)CC1CCCO1. The van der Waals surface area contributed by atoms with Crippen molar-refractivity contribution in [2.75, 3.05) is 6.61 Å². The van der Waals surface area contributed by atoms with Crippen LogP contribution >= 0.6 is 0 Å². The van der Waals surface area contributed by atoms with E-state index in [4.69, 9.17) is 10.6 Å². The maximum Gasteiger partial charge on any atom is 0.159 e. The van der Waals surface area contributed by atoms with Gasteiger partial charge in [-0.15, -0.1) is 0 Å². The van der Waals surface area contributed by atoms with Crippen LogP contribution < -0.4 is 11.3 Å². The number of nitrogens with one attached hydrogen (secondary N) is 1. The molecule has 0 radical (unpaired) electrons. The van der Waals surface area contributed by atoms with Crippen molar-refractivity contribution >= 4 is 0 Å². The molecule has 0 aromatic heterocycles. The van der Waals surface area contributed by atoms with Crippen LogP contribution in [0.25, 0.3) is 0 Å². The fraction of sp³-hybridized carbons (Fsp3) is 0.538. The van der Waals surface area contributed by atoms with Gasteiger partial charge >= 0.3 is 0 Å². The smallest absolute Gasteiger partial charge is 0.159 e. The standard InChI is InChI=1S/C13H18F2N2O/c14-12-4-3-9(7-13(12)15)6-10(17-16)8-11-2-1-5-18-11/h3-4,7,10-11,17H,1-2,5-6,8,16H2. The molecule has 1 saturated heterocycles. The van der Waals surface area contributed by atoms with Crippen LogP contribution in [0.5, 0.6) is 0 Å². The second-order valence-electron chi connectivity index (χ2n) is 4.69. The van der Waals surface area contributed by atoms with Gasteiger partial charge in [0.1, 0.15) is 0 Å². The Balaban J connectivity index is 1.94. The number of hydrogen-bond donors (Lipinski definition) is 2. The molecule has 1 aromatic carbocycles. The molecule has 2 rings (SSSR count). The summed E-state index contributed by atoms with van der Waals surface area (Å²) in [6, 6.07) is 3.95. The summed E-state index contributed by atoms with van der Waals surface area (Å²) in [5.41, 5.74) is 3.45. The molecule has 1 heterocycles. The molecule has 0 aliphatic carbocycles. The Kier molecular flexibility index (Phi) is 4.63. The minimum absolute atomic E-state index is 0.0120. The van der Waals surface area contributed by atoms with Crippen molar-refractivity contribution in [3.63, 3.8) is 0 Å². The minimum atomic E-state index is -0.824. The van der Waals surface area contributed by atoms with Crippen molar-refractivity contribution in [3.05, 3.63) is 35.4 Å². The Morgan fingerprint density at radius 3 is 2.83 bits per heavy atom. The highest BCUT2D eigenvalue weighted by molar-refractivity contribution is 5.18. The summed E-state index contributed by atoms with van der Waals surface area (Å²) in [5, 5.41) is 0. The number of benzene rings is 1. The van der Waals surface area contributed by atoms with E-state index in [1.54, 1.807) is 6.07 Å². The summed E-state index contributed by atoms with van der Waals surface area (Å²) in [5.74, 6) is 3.85. The molecule has 1 aromatic rings. The third-order valence-corrected chi connectivity index (χ3v) is 3.27. The Bertz CT molecular complexity index is 395. The third-order valence-electron chi connectivity index (χ3n) is 3.27. The maximum atomic E-state index is 13.1. The predicted octanol–water partition coefficient (Wildman–Crippen LogP) is 1.91. The molecule has 3 N–H and O–H groups in total. The van der Waals surface area contributed by atoms with Gasteiger partial charge in [0.15, 0.2) is 11.6 Å². The third kappa shape index (κ3) is 3.48. The van der Waals surface area contributed by atoms with Gasteiger partial charge in [-0.25, -0.2) is 8.78 Å². The summed E-state index contributed by atoms with van der Waals surface area (Å²) in [6.07, 6.45) is 3.68. The number of nitrogens with two attached hydrogens (primary N) is 1. The van der Waals surface area contributed by atoms with Gasteiger partial charge in [0.25, 0.3) is 0 Å². The van der Waals surface area contributed by atoms with E-state index >= 15 is 0 Å². The zero-order valence-electron chi connectivity index (χ0n) is 10.2. The minimum Gasteiger partial charge on any atom is -0.378 e. The topological polar surface area (TPSA) is 47.3 Å². The van der Waals surface area contributed by atoms with Gasteiger partial charge in [-0.05, 0) is 43.4 Å². The van der Waals surface area contributed by atoms with E-state index in [9.17, 15) is 8.78 Å². The largest absolute Gasteiger partial charge is 0.378 e. The molecule has 18 heavy (non-hydrogen) atoms. The van der Waals surface area contributed by atoms with E-state index in [1.807, 2.05) is 0 Å². The monoisotopic (exact) mass is 256 g/mol.